The third kappa shape index (κ3) is 11.3. The first-order chi connectivity index (χ1) is 28.3. The van der Waals surface area contributed by atoms with Gasteiger partial charge in [0.2, 0.25) is 35.7 Å². The van der Waals surface area contributed by atoms with E-state index in [9.17, 15) is 13.0 Å². The first-order valence-corrected chi connectivity index (χ1v) is 20.0. The molecule has 0 aliphatic carbocycles. The zero-order valence-electron chi connectivity index (χ0n) is 32.2. The minimum Gasteiger partial charge on any atom is -0.744 e. The Kier molecular flexibility index (Phi) is 13.6. The summed E-state index contributed by atoms with van der Waals surface area (Å²) < 4.78 is 48.6. The van der Waals surface area contributed by atoms with Gasteiger partial charge in [0.05, 0.1) is 31.3 Å². The number of aromatic nitrogens is 6. The Balaban J connectivity index is 0.00000528. The van der Waals surface area contributed by atoms with Crippen LogP contribution in [-0.2, 0) is 19.6 Å². The summed E-state index contributed by atoms with van der Waals surface area (Å²) in [5, 5.41) is 12.8. The number of hydrogen-bond acceptors (Lipinski definition) is 17. The maximum absolute atomic E-state index is 12.5. The van der Waals surface area contributed by atoms with Crippen molar-refractivity contribution in [1.29, 1.82) is 0 Å². The molecule has 2 aliphatic heterocycles. The molecule has 0 spiro atoms. The molecule has 4 aromatic carbocycles. The third-order valence-corrected chi connectivity index (χ3v) is 9.95. The SMILES string of the molecule is O=S(=O)([O-])c1cc(Nc2nc(Nc3ccccc3)nc(N3CCOCC3)n2)ccc1C=Cc1ccc(Nc2nc(Nc3ccccc3)nc(N3CCOCC3)n2)cc1.[Na+]. The molecule has 19 heteroatoms. The molecule has 0 unspecified atom stereocenters. The van der Waals surface area contributed by atoms with E-state index in [0.717, 1.165) is 22.6 Å². The molecule has 2 saturated heterocycles. The predicted octanol–water partition coefficient (Wildman–Crippen LogP) is 2.78. The van der Waals surface area contributed by atoms with Gasteiger partial charge < -0.3 is 45.1 Å². The van der Waals surface area contributed by atoms with Crippen molar-refractivity contribution in [2.24, 2.45) is 0 Å². The van der Waals surface area contributed by atoms with Gasteiger partial charge in [0.1, 0.15) is 10.1 Å². The van der Waals surface area contributed by atoms with E-state index in [-0.39, 0.29) is 41.1 Å². The number of ether oxygens (including phenoxy) is 2. The number of nitrogens with zero attached hydrogens (tertiary/aromatic N) is 8. The summed E-state index contributed by atoms with van der Waals surface area (Å²) in [6, 6.07) is 31.0. The van der Waals surface area contributed by atoms with E-state index in [2.05, 4.69) is 56.1 Å². The van der Waals surface area contributed by atoms with E-state index in [4.69, 9.17) is 9.47 Å². The van der Waals surface area contributed by atoms with Gasteiger partial charge in [-0.05, 0) is 59.7 Å². The van der Waals surface area contributed by atoms with Crippen LogP contribution in [0.4, 0.5) is 58.4 Å². The fourth-order valence-corrected chi connectivity index (χ4v) is 6.85. The molecule has 2 fully saturated rings. The Morgan fingerprint density at radius 1 is 0.525 bits per heavy atom. The number of rotatable bonds is 13. The quantitative estimate of drug-likeness (QED) is 0.0751. The van der Waals surface area contributed by atoms with E-state index in [1.54, 1.807) is 24.3 Å². The third-order valence-electron chi connectivity index (χ3n) is 9.06. The molecule has 2 aliphatic rings. The molecule has 0 amide bonds. The summed E-state index contributed by atoms with van der Waals surface area (Å²) in [4.78, 5) is 31.3. The van der Waals surface area contributed by atoms with Crippen LogP contribution >= 0.6 is 0 Å². The summed E-state index contributed by atoms with van der Waals surface area (Å²) in [5.74, 6) is 2.16. The van der Waals surface area contributed by atoms with Crippen LogP contribution in [0.2, 0.25) is 0 Å². The molecule has 59 heavy (non-hydrogen) atoms. The maximum Gasteiger partial charge on any atom is 1.00 e. The maximum atomic E-state index is 12.5. The van der Waals surface area contributed by atoms with Crippen molar-refractivity contribution in [2.45, 2.75) is 4.90 Å². The predicted molar refractivity (Wildman–Crippen MR) is 222 cm³/mol. The van der Waals surface area contributed by atoms with Gasteiger partial charge in [0, 0.05) is 48.9 Å². The van der Waals surface area contributed by atoms with Gasteiger partial charge in [-0.15, -0.1) is 0 Å². The Morgan fingerprint density at radius 2 is 0.932 bits per heavy atom. The van der Waals surface area contributed by atoms with Crippen LogP contribution in [0.5, 0.6) is 0 Å². The van der Waals surface area contributed by atoms with E-state index >= 15 is 0 Å². The van der Waals surface area contributed by atoms with Crippen LogP contribution in [-0.4, -0.2) is 95.5 Å². The summed E-state index contributed by atoms with van der Waals surface area (Å²) in [5.41, 5.74) is 3.63. The molecule has 0 atom stereocenters. The van der Waals surface area contributed by atoms with Gasteiger partial charge in [-0.3, -0.25) is 0 Å². The van der Waals surface area contributed by atoms with Crippen molar-refractivity contribution in [3.05, 3.63) is 114 Å². The van der Waals surface area contributed by atoms with E-state index < -0.39 is 15.0 Å². The van der Waals surface area contributed by atoms with Crippen LogP contribution in [0.25, 0.3) is 12.2 Å². The van der Waals surface area contributed by atoms with E-state index in [1.807, 2.05) is 89.8 Å². The zero-order chi connectivity index (χ0) is 39.7. The average Bonchev–Trinajstić information content (AvgIpc) is 3.24. The van der Waals surface area contributed by atoms with Gasteiger partial charge in [-0.1, -0.05) is 66.7 Å². The zero-order valence-corrected chi connectivity index (χ0v) is 35.0. The first-order valence-electron chi connectivity index (χ1n) is 18.5. The molecule has 6 aromatic rings. The number of nitrogens with one attached hydrogen (secondary N) is 4. The molecular weight excluding hydrogens is 784 g/mol. The topological polar surface area (TPSA) is 208 Å². The molecule has 17 nitrogen and oxygen atoms in total. The molecule has 0 radical (unpaired) electrons. The second kappa shape index (κ2) is 19.3. The van der Waals surface area contributed by atoms with Gasteiger partial charge >= 0.3 is 29.6 Å². The normalized spacial score (nSPS) is 14.4. The summed E-state index contributed by atoms with van der Waals surface area (Å²) in [6.07, 6.45) is 3.31. The monoisotopic (exact) mass is 822 g/mol. The van der Waals surface area contributed by atoms with Crippen LogP contribution in [0.15, 0.2) is 108 Å². The van der Waals surface area contributed by atoms with Crippen LogP contribution in [0.3, 0.4) is 0 Å². The second-order valence-corrected chi connectivity index (χ2v) is 14.5. The molecular formula is C40H39N12NaO5S. The number of para-hydroxylation sites is 2. The summed E-state index contributed by atoms with van der Waals surface area (Å²) >= 11 is 0. The number of hydrogen-bond donors (Lipinski definition) is 4. The Labute approximate surface area is 363 Å². The van der Waals surface area contributed by atoms with Gasteiger partial charge in [-0.2, -0.15) is 29.9 Å². The van der Waals surface area contributed by atoms with Crippen LogP contribution < -0.4 is 60.6 Å². The van der Waals surface area contributed by atoms with Crippen molar-refractivity contribution in [2.75, 3.05) is 83.7 Å². The fourth-order valence-electron chi connectivity index (χ4n) is 6.15. The average molecular weight is 823 g/mol. The van der Waals surface area contributed by atoms with Gasteiger partial charge in [-0.25, -0.2) is 8.42 Å². The molecule has 8 rings (SSSR count). The number of anilines is 10. The van der Waals surface area contributed by atoms with E-state index in [1.165, 1.54) is 6.07 Å². The Hall–Kier alpha value is -5.73. The minimum absolute atomic E-state index is 0. The fraction of sp³-hybridized carbons (Fsp3) is 0.200. The second-order valence-electron chi connectivity index (χ2n) is 13.2. The van der Waals surface area contributed by atoms with Crippen molar-refractivity contribution in [1.82, 2.24) is 29.9 Å². The molecule has 296 valence electrons. The largest absolute Gasteiger partial charge is 1.00 e. The Bertz CT molecular complexity index is 2470. The van der Waals surface area contributed by atoms with Gasteiger partial charge in [0.15, 0.2) is 0 Å². The van der Waals surface area contributed by atoms with Crippen molar-refractivity contribution in [3.8, 4) is 0 Å². The van der Waals surface area contributed by atoms with Gasteiger partial charge in [0.25, 0.3) is 0 Å². The molecule has 0 saturated carbocycles. The number of benzene rings is 4. The van der Waals surface area contributed by atoms with Crippen molar-refractivity contribution in [3.63, 3.8) is 0 Å². The summed E-state index contributed by atoms with van der Waals surface area (Å²) in [6.45, 7) is 4.73. The van der Waals surface area contributed by atoms with Crippen LogP contribution in [0.1, 0.15) is 11.1 Å². The molecule has 2 aromatic heterocycles. The first kappa shape index (κ1) is 41.4. The molecule has 4 heterocycles. The standard InChI is InChI=1S/C40H40N12O5S.Na/c53-58(54,55)34-27-33(44-38-46-36(42-31-9-5-2-6-10-31)48-40(50-38)52-21-25-57-26-22-52)18-15-29(34)14-11-28-12-16-32(17-13-28)43-37-45-35(41-30-7-3-1-4-8-30)47-39(49-37)51-19-23-56-24-20-51;/h1-18,27H,19-26H2,(H,53,54,55)(H2,41,43,45,47,49)(H2,42,44,46,48,50);/q;+1/p-1. The smallest absolute Gasteiger partial charge is 0.744 e. The minimum atomic E-state index is -4.88. The van der Waals surface area contributed by atoms with Crippen molar-refractivity contribution >= 4 is 80.7 Å². The molecule has 0 bridgehead atoms. The van der Waals surface area contributed by atoms with E-state index in [0.29, 0.717) is 88.0 Å². The molecule has 4 N–H and O–H groups in total. The van der Waals surface area contributed by atoms with Crippen LogP contribution in [0, 0.1) is 0 Å². The summed E-state index contributed by atoms with van der Waals surface area (Å²) in [7, 11) is -4.88. The number of morpholine rings is 2. The van der Waals surface area contributed by atoms with Crippen molar-refractivity contribution < 1.29 is 52.0 Å². The Morgan fingerprint density at radius 3 is 1.37 bits per heavy atom.